The third-order valence-electron chi connectivity index (χ3n) is 5.76. The third kappa shape index (κ3) is 3.31. The zero-order chi connectivity index (χ0) is 18.4. The van der Waals surface area contributed by atoms with E-state index in [-0.39, 0.29) is 18.3 Å². The van der Waals surface area contributed by atoms with Crippen molar-refractivity contribution in [3.63, 3.8) is 0 Å². The predicted octanol–water partition coefficient (Wildman–Crippen LogP) is 2.09. The average Bonchev–Trinajstić information content (AvgIpc) is 2.83. The normalized spacial score (nSPS) is 24.8. The van der Waals surface area contributed by atoms with Crippen molar-refractivity contribution in [1.29, 1.82) is 0 Å². The van der Waals surface area contributed by atoms with Crippen molar-refractivity contribution < 1.29 is 9.31 Å². The minimum atomic E-state index is -0.365. The molecule has 0 aliphatic carbocycles. The number of aromatic nitrogens is 2. The number of hydrogen-bond donors (Lipinski definition) is 2. The van der Waals surface area contributed by atoms with E-state index in [2.05, 4.69) is 54.4 Å². The summed E-state index contributed by atoms with van der Waals surface area (Å²) in [6.07, 6.45) is 4.20. The Hall–Kier alpha value is -1.70. The molecule has 2 aliphatic rings. The summed E-state index contributed by atoms with van der Waals surface area (Å²) < 4.78 is 12.3. The molecular weight excluding hydrogens is 327 g/mol. The van der Waals surface area contributed by atoms with Crippen LogP contribution in [-0.4, -0.2) is 47.4 Å². The maximum Gasteiger partial charge on any atom is 0.494 e. The van der Waals surface area contributed by atoms with E-state index in [9.17, 15) is 0 Å². The maximum absolute atomic E-state index is 6.14. The fraction of sp³-hybridized carbons (Fsp3) is 0.579. The molecule has 1 aromatic heterocycles. The fourth-order valence-electron chi connectivity index (χ4n) is 3.40. The van der Waals surface area contributed by atoms with E-state index in [1.165, 1.54) is 6.42 Å². The molecule has 6 nitrogen and oxygen atoms in total. The van der Waals surface area contributed by atoms with E-state index in [0.717, 1.165) is 35.9 Å². The van der Waals surface area contributed by atoms with Crippen molar-refractivity contribution >= 4 is 29.4 Å². The second-order valence-electron chi connectivity index (χ2n) is 8.29. The number of hydrogen-bond acceptors (Lipinski definition) is 6. The zero-order valence-electron chi connectivity index (χ0n) is 16.0. The minimum Gasteiger partial charge on any atom is -0.399 e. The van der Waals surface area contributed by atoms with Crippen LogP contribution >= 0.6 is 0 Å². The highest BCUT2D eigenvalue weighted by Gasteiger charge is 2.51. The highest BCUT2D eigenvalue weighted by atomic mass is 16.7. The van der Waals surface area contributed by atoms with Crippen molar-refractivity contribution in [2.75, 3.05) is 18.4 Å². The van der Waals surface area contributed by atoms with Gasteiger partial charge in [-0.05, 0) is 58.6 Å². The zero-order valence-corrected chi connectivity index (χ0v) is 16.0. The predicted molar refractivity (Wildman–Crippen MR) is 105 cm³/mol. The van der Waals surface area contributed by atoms with Gasteiger partial charge in [-0.15, -0.1) is 0 Å². The first kappa shape index (κ1) is 17.7. The van der Waals surface area contributed by atoms with Crippen molar-refractivity contribution in [2.45, 2.75) is 57.8 Å². The Balaban J connectivity index is 1.54. The largest absolute Gasteiger partial charge is 0.494 e. The van der Waals surface area contributed by atoms with E-state index in [0.29, 0.717) is 12.0 Å². The molecule has 26 heavy (non-hydrogen) atoms. The monoisotopic (exact) mass is 354 g/mol. The van der Waals surface area contributed by atoms with Crippen LogP contribution in [0.5, 0.6) is 0 Å². The van der Waals surface area contributed by atoms with Crippen LogP contribution in [0.25, 0.3) is 10.9 Å². The van der Waals surface area contributed by atoms with E-state index < -0.39 is 0 Å². The molecule has 1 unspecified atom stereocenters. The molecule has 2 aromatic rings. The van der Waals surface area contributed by atoms with Gasteiger partial charge in [0, 0.05) is 24.2 Å². The Morgan fingerprint density at radius 3 is 2.65 bits per heavy atom. The Kier molecular flexibility index (Phi) is 4.41. The summed E-state index contributed by atoms with van der Waals surface area (Å²) in [5.41, 5.74) is 1.24. The molecule has 0 amide bonds. The Bertz CT molecular complexity index is 789. The molecule has 2 saturated heterocycles. The molecule has 0 spiro atoms. The van der Waals surface area contributed by atoms with E-state index in [1.54, 1.807) is 0 Å². The van der Waals surface area contributed by atoms with E-state index >= 15 is 0 Å². The van der Waals surface area contributed by atoms with Crippen molar-refractivity contribution in [3.8, 4) is 0 Å². The molecule has 0 bridgehead atoms. The number of rotatable bonds is 3. The van der Waals surface area contributed by atoms with Gasteiger partial charge in [0.15, 0.2) is 0 Å². The highest BCUT2D eigenvalue weighted by Crippen LogP contribution is 2.36. The van der Waals surface area contributed by atoms with Gasteiger partial charge >= 0.3 is 7.12 Å². The van der Waals surface area contributed by atoms with Gasteiger partial charge in [-0.3, -0.25) is 0 Å². The molecule has 3 heterocycles. The summed E-state index contributed by atoms with van der Waals surface area (Å²) in [6.45, 7) is 10.3. The SMILES string of the molecule is CC1(C)OB(c2ccc3nc(NC4CCCNC4)ncc3c2)OC1(C)C. The first-order valence-electron chi connectivity index (χ1n) is 9.44. The van der Waals surface area contributed by atoms with Gasteiger partial charge < -0.3 is 19.9 Å². The number of fused-ring (bicyclic) bond motifs is 1. The molecule has 1 atom stereocenters. The van der Waals surface area contributed by atoms with Gasteiger partial charge in [0.1, 0.15) is 0 Å². The van der Waals surface area contributed by atoms with Gasteiger partial charge in [-0.2, -0.15) is 0 Å². The lowest BCUT2D eigenvalue weighted by molar-refractivity contribution is 0.00578. The summed E-state index contributed by atoms with van der Waals surface area (Å²) >= 11 is 0. The molecule has 2 aliphatic heterocycles. The Morgan fingerprint density at radius 1 is 1.19 bits per heavy atom. The fourth-order valence-corrected chi connectivity index (χ4v) is 3.40. The lowest BCUT2D eigenvalue weighted by atomic mass is 9.78. The van der Waals surface area contributed by atoms with Crippen LogP contribution in [0.2, 0.25) is 0 Å². The summed E-state index contributed by atoms with van der Waals surface area (Å²) in [6, 6.07) is 6.50. The minimum absolute atomic E-state index is 0.342. The van der Waals surface area contributed by atoms with Crippen LogP contribution in [0.3, 0.4) is 0 Å². The van der Waals surface area contributed by atoms with Crippen LogP contribution < -0.4 is 16.1 Å². The van der Waals surface area contributed by atoms with Crippen molar-refractivity contribution in [3.05, 3.63) is 24.4 Å². The van der Waals surface area contributed by atoms with Crippen LogP contribution in [0.4, 0.5) is 5.95 Å². The summed E-state index contributed by atoms with van der Waals surface area (Å²) in [7, 11) is -0.365. The standard InChI is InChI=1S/C19H27BN4O2/c1-18(2)19(3,4)26-20(25-18)14-7-8-16-13(10-14)11-22-17(24-16)23-15-6-5-9-21-12-15/h7-8,10-11,15,21H,5-6,9,12H2,1-4H3,(H,22,23,24). The molecule has 0 radical (unpaired) electrons. The number of benzene rings is 1. The van der Waals surface area contributed by atoms with Crippen molar-refractivity contribution in [1.82, 2.24) is 15.3 Å². The highest BCUT2D eigenvalue weighted by molar-refractivity contribution is 6.62. The summed E-state index contributed by atoms with van der Waals surface area (Å²) in [5.74, 6) is 0.689. The number of nitrogens with zero attached hydrogens (tertiary/aromatic N) is 2. The van der Waals surface area contributed by atoms with Gasteiger partial charge in [-0.1, -0.05) is 12.1 Å². The van der Waals surface area contributed by atoms with Crippen LogP contribution in [0.1, 0.15) is 40.5 Å². The molecule has 2 fully saturated rings. The molecule has 4 rings (SSSR count). The van der Waals surface area contributed by atoms with Gasteiger partial charge in [0.25, 0.3) is 0 Å². The summed E-state index contributed by atoms with van der Waals surface area (Å²) in [5, 5.41) is 7.82. The van der Waals surface area contributed by atoms with Gasteiger partial charge in [0.05, 0.1) is 16.7 Å². The van der Waals surface area contributed by atoms with Crippen LogP contribution in [0, 0.1) is 0 Å². The van der Waals surface area contributed by atoms with E-state index in [1.807, 2.05) is 18.3 Å². The van der Waals surface area contributed by atoms with E-state index in [4.69, 9.17) is 9.31 Å². The number of nitrogens with one attached hydrogen (secondary N) is 2. The molecule has 138 valence electrons. The molecule has 1 aromatic carbocycles. The first-order valence-corrected chi connectivity index (χ1v) is 9.44. The van der Waals surface area contributed by atoms with Crippen molar-refractivity contribution in [2.24, 2.45) is 0 Å². The molecular formula is C19H27BN4O2. The number of piperidine rings is 1. The molecule has 7 heteroatoms. The first-order chi connectivity index (χ1) is 12.3. The lowest BCUT2D eigenvalue weighted by Gasteiger charge is -2.32. The van der Waals surface area contributed by atoms with Gasteiger partial charge in [-0.25, -0.2) is 9.97 Å². The Morgan fingerprint density at radius 2 is 1.96 bits per heavy atom. The number of anilines is 1. The maximum atomic E-state index is 6.14. The molecule has 2 N–H and O–H groups in total. The average molecular weight is 354 g/mol. The topological polar surface area (TPSA) is 68.3 Å². The third-order valence-corrected chi connectivity index (χ3v) is 5.76. The van der Waals surface area contributed by atoms with Crippen LogP contribution in [0.15, 0.2) is 24.4 Å². The second-order valence-corrected chi connectivity index (χ2v) is 8.29. The lowest BCUT2D eigenvalue weighted by Crippen LogP contribution is -2.41. The van der Waals surface area contributed by atoms with Gasteiger partial charge in [0.2, 0.25) is 5.95 Å². The summed E-state index contributed by atoms with van der Waals surface area (Å²) in [4.78, 5) is 9.16. The quantitative estimate of drug-likeness (QED) is 0.823. The Labute approximate surface area is 155 Å². The smallest absolute Gasteiger partial charge is 0.399 e. The van der Waals surface area contributed by atoms with Crippen LogP contribution in [-0.2, 0) is 9.31 Å². The molecule has 0 saturated carbocycles. The second kappa shape index (κ2) is 6.48.